The van der Waals surface area contributed by atoms with Crippen LogP contribution in [0.25, 0.3) is 0 Å². The van der Waals surface area contributed by atoms with Gasteiger partial charge in [-0.05, 0) is 36.8 Å². The van der Waals surface area contributed by atoms with Gasteiger partial charge in [-0.3, -0.25) is 9.69 Å². The van der Waals surface area contributed by atoms with Crippen LogP contribution in [0.3, 0.4) is 0 Å². The summed E-state index contributed by atoms with van der Waals surface area (Å²) in [4.78, 5) is 17.0. The van der Waals surface area contributed by atoms with Crippen LogP contribution >= 0.6 is 0 Å². The molecular weight excluding hydrogens is 320 g/mol. The van der Waals surface area contributed by atoms with E-state index in [1.54, 1.807) is 0 Å². The molecule has 0 spiro atoms. The van der Waals surface area contributed by atoms with Crippen molar-refractivity contribution < 1.29 is 18.7 Å². The zero-order valence-corrected chi connectivity index (χ0v) is 15.0. The molecule has 4 heterocycles. The maximum Gasteiger partial charge on any atom is 0.223 e. The highest BCUT2D eigenvalue weighted by Gasteiger charge is 2.42. The Labute approximate surface area is 149 Å². The molecule has 0 radical (unpaired) electrons. The summed E-state index contributed by atoms with van der Waals surface area (Å²) in [5.41, 5.74) is 0. The van der Waals surface area contributed by atoms with Crippen molar-refractivity contribution in [2.75, 3.05) is 52.6 Å². The second-order valence-electron chi connectivity index (χ2n) is 7.63. The average Bonchev–Trinajstić information content (AvgIpc) is 3.22. The maximum atomic E-state index is 12.6. The maximum absolute atomic E-state index is 12.6. The van der Waals surface area contributed by atoms with Gasteiger partial charge in [0, 0.05) is 32.6 Å². The zero-order valence-electron chi connectivity index (χ0n) is 15.0. The van der Waals surface area contributed by atoms with E-state index in [1.165, 1.54) is 0 Å². The Hall–Kier alpha value is -1.37. The predicted molar refractivity (Wildman–Crippen MR) is 92.0 cm³/mol. The molecule has 6 nitrogen and oxygen atoms in total. The number of nitrogens with zero attached hydrogens (tertiary/aromatic N) is 2. The van der Waals surface area contributed by atoms with Gasteiger partial charge >= 0.3 is 0 Å². The molecule has 3 aliphatic heterocycles. The number of morpholine rings is 1. The lowest BCUT2D eigenvalue weighted by molar-refractivity contribution is -0.138. The topological polar surface area (TPSA) is 55.2 Å². The van der Waals surface area contributed by atoms with Gasteiger partial charge in [0.15, 0.2) is 0 Å². The molecule has 1 aromatic heterocycles. The molecule has 3 atom stereocenters. The molecule has 0 unspecified atom stereocenters. The van der Waals surface area contributed by atoms with Crippen LogP contribution in [0.4, 0.5) is 0 Å². The molecule has 1 aromatic rings. The molecule has 138 valence electrons. The Bertz CT molecular complexity index is 596. The number of likely N-dealkylation sites (tertiary alicyclic amines) is 1. The van der Waals surface area contributed by atoms with Gasteiger partial charge in [-0.15, -0.1) is 0 Å². The van der Waals surface area contributed by atoms with Crippen molar-refractivity contribution >= 4 is 5.91 Å². The molecule has 0 aromatic carbocycles. The highest BCUT2D eigenvalue weighted by Crippen LogP contribution is 2.36. The summed E-state index contributed by atoms with van der Waals surface area (Å²) in [5, 5.41) is 0. The van der Waals surface area contributed by atoms with Crippen LogP contribution in [-0.4, -0.2) is 68.3 Å². The lowest BCUT2D eigenvalue weighted by Gasteiger charge is -2.35. The minimum absolute atomic E-state index is 0.262. The quantitative estimate of drug-likeness (QED) is 0.826. The minimum Gasteiger partial charge on any atom is -0.465 e. The fraction of sp³-hybridized carbons (Fsp3) is 0.737. The van der Waals surface area contributed by atoms with Gasteiger partial charge in [0.1, 0.15) is 11.5 Å². The van der Waals surface area contributed by atoms with Gasteiger partial charge in [0.25, 0.3) is 0 Å². The fourth-order valence-electron chi connectivity index (χ4n) is 4.49. The molecule has 4 rings (SSSR count). The monoisotopic (exact) mass is 348 g/mol. The number of amides is 1. The van der Waals surface area contributed by atoms with Crippen LogP contribution in [0.5, 0.6) is 0 Å². The van der Waals surface area contributed by atoms with Gasteiger partial charge in [0.2, 0.25) is 5.91 Å². The third-order valence-corrected chi connectivity index (χ3v) is 5.81. The van der Waals surface area contributed by atoms with Gasteiger partial charge in [-0.2, -0.15) is 0 Å². The van der Waals surface area contributed by atoms with Crippen LogP contribution < -0.4 is 0 Å². The average molecular weight is 348 g/mol. The summed E-state index contributed by atoms with van der Waals surface area (Å²) in [7, 11) is 0. The van der Waals surface area contributed by atoms with Crippen molar-refractivity contribution in [3.8, 4) is 0 Å². The second kappa shape index (κ2) is 7.48. The summed E-state index contributed by atoms with van der Waals surface area (Å²) >= 11 is 0. The first-order valence-electron chi connectivity index (χ1n) is 9.40. The van der Waals surface area contributed by atoms with E-state index in [1.807, 2.05) is 17.9 Å². The van der Waals surface area contributed by atoms with Gasteiger partial charge in [0.05, 0.1) is 33.0 Å². The standard InChI is InChI=1S/C19H28N2O4/c1-14-2-3-17(25-14)10-20-9-16-13-24-12-15(18(16)11-20)8-19(22)21-4-6-23-7-5-21/h2-3,15-16,18H,4-13H2,1H3/t15-,16-,18+/m0/s1. The third kappa shape index (κ3) is 3.91. The molecule has 6 heteroatoms. The number of ether oxygens (including phenoxy) is 2. The van der Waals surface area contributed by atoms with Crippen molar-refractivity contribution in [2.45, 2.75) is 19.9 Å². The minimum atomic E-state index is 0.262. The van der Waals surface area contributed by atoms with Crippen molar-refractivity contribution in [1.29, 1.82) is 0 Å². The molecule has 25 heavy (non-hydrogen) atoms. The summed E-state index contributed by atoms with van der Waals surface area (Å²) in [5.74, 6) is 3.67. The Morgan fingerprint density at radius 3 is 2.76 bits per heavy atom. The molecule has 0 N–H and O–H groups in total. The number of aryl methyl sites for hydroxylation is 1. The lowest BCUT2D eigenvalue weighted by Crippen LogP contribution is -2.44. The smallest absolute Gasteiger partial charge is 0.223 e. The Morgan fingerprint density at radius 2 is 2.00 bits per heavy atom. The van der Waals surface area contributed by atoms with Crippen LogP contribution in [0.2, 0.25) is 0 Å². The molecule has 0 bridgehead atoms. The van der Waals surface area contributed by atoms with Crippen LogP contribution in [0.1, 0.15) is 17.9 Å². The summed E-state index contributed by atoms with van der Waals surface area (Å²) in [6, 6.07) is 4.08. The van der Waals surface area contributed by atoms with E-state index in [0.29, 0.717) is 44.0 Å². The second-order valence-corrected chi connectivity index (χ2v) is 7.63. The number of hydrogen-bond donors (Lipinski definition) is 0. The number of furan rings is 1. The summed E-state index contributed by atoms with van der Waals surface area (Å²) < 4.78 is 16.9. The summed E-state index contributed by atoms with van der Waals surface area (Å²) in [6.07, 6.45) is 0.606. The molecule has 3 aliphatic rings. The van der Waals surface area contributed by atoms with Crippen LogP contribution in [-0.2, 0) is 20.8 Å². The highest BCUT2D eigenvalue weighted by atomic mass is 16.5. The van der Waals surface area contributed by atoms with E-state index in [-0.39, 0.29) is 5.91 Å². The van der Waals surface area contributed by atoms with Crippen LogP contribution in [0, 0.1) is 24.7 Å². The number of hydrogen-bond acceptors (Lipinski definition) is 5. The predicted octanol–water partition coefficient (Wildman–Crippen LogP) is 1.53. The highest BCUT2D eigenvalue weighted by molar-refractivity contribution is 5.76. The first-order valence-corrected chi connectivity index (χ1v) is 9.40. The fourth-order valence-corrected chi connectivity index (χ4v) is 4.49. The largest absolute Gasteiger partial charge is 0.465 e. The molecule has 3 saturated heterocycles. The van der Waals surface area contributed by atoms with Crippen molar-refractivity contribution in [3.63, 3.8) is 0 Å². The number of rotatable bonds is 4. The zero-order chi connectivity index (χ0) is 17.2. The van der Waals surface area contributed by atoms with Crippen molar-refractivity contribution in [2.24, 2.45) is 17.8 Å². The number of carbonyl (C=O) groups is 1. The van der Waals surface area contributed by atoms with Gasteiger partial charge < -0.3 is 18.8 Å². The lowest BCUT2D eigenvalue weighted by atomic mass is 9.81. The van der Waals surface area contributed by atoms with Crippen molar-refractivity contribution in [3.05, 3.63) is 23.7 Å². The third-order valence-electron chi connectivity index (χ3n) is 5.81. The number of fused-ring (bicyclic) bond motifs is 1. The molecular formula is C19H28N2O4. The summed E-state index contributed by atoms with van der Waals surface area (Å²) in [6.45, 7) is 9.21. The van der Waals surface area contributed by atoms with Gasteiger partial charge in [-0.25, -0.2) is 0 Å². The van der Waals surface area contributed by atoms with E-state index < -0.39 is 0 Å². The van der Waals surface area contributed by atoms with Crippen molar-refractivity contribution in [1.82, 2.24) is 9.80 Å². The van der Waals surface area contributed by atoms with E-state index in [4.69, 9.17) is 13.9 Å². The Balaban J connectivity index is 1.35. The van der Waals surface area contributed by atoms with Crippen LogP contribution in [0.15, 0.2) is 16.5 Å². The molecule has 3 fully saturated rings. The van der Waals surface area contributed by atoms with E-state index in [2.05, 4.69) is 11.0 Å². The Morgan fingerprint density at radius 1 is 1.16 bits per heavy atom. The van der Waals surface area contributed by atoms with E-state index >= 15 is 0 Å². The first kappa shape index (κ1) is 17.1. The molecule has 0 aliphatic carbocycles. The molecule has 0 saturated carbocycles. The normalized spacial score (nSPS) is 30.4. The molecule has 1 amide bonds. The van der Waals surface area contributed by atoms with E-state index in [9.17, 15) is 4.79 Å². The first-order chi connectivity index (χ1) is 12.2. The SMILES string of the molecule is Cc1ccc(CN2C[C@H]3COC[C@H](CC(=O)N4CCOCC4)[C@H]3C2)o1. The number of carbonyl (C=O) groups excluding carboxylic acids is 1. The van der Waals surface area contributed by atoms with E-state index in [0.717, 1.165) is 50.9 Å². The Kier molecular flexibility index (Phi) is 5.10. The van der Waals surface area contributed by atoms with Gasteiger partial charge in [-0.1, -0.05) is 0 Å².